The highest BCUT2D eigenvalue weighted by molar-refractivity contribution is 6.07. The van der Waals surface area contributed by atoms with E-state index in [1.165, 1.54) is 18.3 Å². The Morgan fingerprint density at radius 3 is 2.56 bits per heavy atom. The molecule has 0 N–H and O–H groups in total. The molecule has 10 nitrogen and oxygen atoms in total. The lowest BCUT2D eigenvalue weighted by atomic mass is 9.85. The minimum Gasteiger partial charge on any atom is -0.481 e. The molecule has 2 aliphatic carbocycles. The minimum atomic E-state index is -0.549. The van der Waals surface area contributed by atoms with Gasteiger partial charge in [0.05, 0.1) is 23.0 Å². The Balaban J connectivity index is 1.26. The number of nitrogens with zero attached hydrogens (tertiary/aromatic N) is 3. The topological polar surface area (TPSA) is 121 Å². The third kappa shape index (κ3) is 3.13. The molecule has 0 unspecified atom stereocenters. The van der Waals surface area contributed by atoms with Gasteiger partial charge in [0, 0.05) is 11.6 Å². The maximum absolute atomic E-state index is 12.9. The third-order valence-corrected chi connectivity index (χ3v) is 6.80. The van der Waals surface area contributed by atoms with Crippen molar-refractivity contribution < 1.29 is 28.7 Å². The molecule has 2 heterocycles. The van der Waals surface area contributed by atoms with E-state index in [0.29, 0.717) is 11.5 Å². The van der Waals surface area contributed by atoms with E-state index in [9.17, 15) is 19.7 Å². The summed E-state index contributed by atoms with van der Waals surface area (Å²) in [5.41, 5.74) is 0.766. The van der Waals surface area contributed by atoms with Crippen molar-refractivity contribution in [3.8, 4) is 17.2 Å². The summed E-state index contributed by atoms with van der Waals surface area (Å²) in [7, 11) is 0. The number of nitro groups is 1. The molecule has 0 radical (unpaired) electrons. The molecule has 1 saturated carbocycles. The second kappa shape index (κ2) is 7.68. The molecule has 2 amide bonds. The van der Waals surface area contributed by atoms with E-state index >= 15 is 0 Å². The molecule has 4 aliphatic rings. The molecule has 10 heteroatoms. The van der Waals surface area contributed by atoms with Crippen LogP contribution in [-0.2, 0) is 16.2 Å². The van der Waals surface area contributed by atoms with Gasteiger partial charge in [-0.3, -0.25) is 19.7 Å². The normalized spacial score (nSPS) is 26.1. The first-order valence-corrected chi connectivity index (χ1v) is 10.9. The molecular weight excluding hydrogens is 442 g/mol. The second-order valence-electron chi connectivity index (χ2n) is 8.66. The lowest BCUT2D eigenvalue weighted by Gasteiger charge is -2.13. The summed E-state index contributed by atoms with van der Waals surface area (Å²) >= 11 is 0. The molecular formula is C24H19N3O7. The number of hydrazone groups is 1. The van der Waals surface area contributed by atoms with Gasteiger partial charge in [0.2, 0.25) is 12.5 Å². The van der Waals surface area contributed by atoms with Gasteiger partial charge in [-0.15, -0.1) is 0 Å². The smallest absolute Gasteiger partial charge is 0.311 e. The zero-order chi connectivity index (χ0) is 23.4. The zero-order valence-corrected chi connectivity index (χ0v) is 17.8. The average molecular weight is 461 g/mol. The molecule has 4 atom stereocenters. The van der Waals surface area contributed by atoms with Crippen molar-refractivity contribution in [3.05, 3.63) is 69.8 Å². The van der Waals surface area contributed by atoms with Crippen LogP contribution >= 0.6 is 0 Å². The van der Waals surface area contributed by atoms with Gasteiger partial charge in [-0.25, -0.2) is 0 Å². The number of fused-ring (bicyclic) bond motifs is 6. The number of carbonyl (C=O) groups excluding carboxylic acids is 2. The van der Waals surface area contributed by atoms with Gasteiger partial charge in [0.25, 0.3) is 11.8 Å². The molecule has 2 fully saturated rings. The summed E-state index contributed by atoms with van der Waals surface area (Å²) in [6, 6.07) is 9.67. The molecule has 172 valence electrons. The van der Waals surface area contributed by atoms with Crippen molar-refractivity contribution in [2.45, 2.75) is 13.0 Å². The number of rotatable bonds is 6. The molecule has 1 saturated heterocycles. The van der Waals surface area contributed by atoms with Crippen LogP contribution in [0, 0.1) is 33.8 Å². The highest BCUT2D eigenvalue weighted by Crippen LogP contribution is 2.52. The van der Waals surface area contributed by atoms with Crippen molar-refractivity contribution >= 4 is 23.7 Å². The number of amides is 2. The van der Waals surface area contributed by atoms with Crippen LogP contribution in [0.4, 0.5) is 5.69 Å². The van der Waals surface area contributed by atoms with Crippen LogP contribution in [0.25, 0.3) is 0 Å². The van der Waals surface area contributed by atoms with Gasteiger partial charge < -0.3 is 14.2 Å². The van der Waals surface area contributed by atoms with Crippen LogP contribution in [0.2, 0.25) is 0 Å². The molecule has 6 rings (SSSR count). The van der Waals surface area contributed by atoms with Crippen molar-refractivity contribution in [2.24, 2.45) is 28.8 Å². The van der Waals surface area contributed by atoms with Crippen molar-refractivity contribution in [3.63, 3.8) is 0 Å². The Morgan fingerprint density at radius 2 is 1.82 bits per heavy atom. The Labute approximate surface area is 193 Å². The molecule has 2 aliphatic heterocycles. The van der Waals surface area contributed by atoms with E-state index in [1.54, 1.807) is 24.3 Å². The SMILES string of the molecule is O=C1[C@@H]2[C@H](C(=O)N1N=Cc1cccc([N+](=O)[O-])c1OCc1ccc3c(c1)OCO3)[C@H]1C=C[C@H]2C1. The van der Waals surface area contributed by atoms with Gasteiger partial charge in [-0.2, -0.15) is 10.1 Å². The van der Waals surface area contributed by atoms with E-state index in [0.717, 1.165) is 17.0 Å². The quantitative estimate of drug-likeness (QED) is 0.213. The lowest BCUT2D eigenvalue weighted by Crippen LogP contribution is -2.28. The number of carbonyl (C=O) groups is 2. The lowest BCUT2D eigenvalue weighted by molar-refractivity contribution is -0.385. The van der Waals surface area contributed by atoms with E-state index in [4.69, 9.17) is 14.2 Å². The fraction of sp³-hybridized carbons (Fsp3) is 0.292. The Hall–Kier alpha value is -4.21. The van der Waals surface area contributed by atoms with Crippen molar-refractivity contribution in [1.29, 1.82) is 0 Å². The van der Waals surface area contributed by atoms with Crippen LogP contribution in [0.5, 0.6) is 17.2 Å². The number of para-hydroxylation sites is 1. The van der Waals surface area contributed by atoms with Crippen LogP contribution in [0.15, 0.2) is 53.7 Å². The maximum Gasteiger partial charge on any atom is 0.311 e. The molecule has 2 aromatic rings. The van der Waals surface area contributed by atoms with Crippen molar-refractivity contribution in [1.82, 2.24) is 5.01 Å². The third-order valence-electron chi connectivity index (χ3n) is 6.80. The predicted molar refractivity (Wildman–Crippen MR) is 117 cm³/mol. The molecule has 34 heavy (non-hydrogen) atoms. The van der Waals surface area contributed by atoms with Crippen LogP contribution in [-0.4, -0.2) is 34.8 Å². The van der Waals surface area contributed by atoms with Crippen LogP contribution < -0.4 is 14.2 Å². The molecule has 2 bridgehead atoms. The second-order valence-corrected chi connectivity index (χ2v) is 8.66. The standard InChI is InChI=1S/C24H19N3O7/c28-23-20-14-5-6-15(9-14)21(20)24(29)26(23)25-10-16-2-1-3-17(27(30)31)22(16)32-11-13-4-7-18-19(8-13)34-12-33-18/h1-8,10,14-15,20-21H,9,11-12H2/t14-,15-,20-,21+/m0/s1. The average Bonchev–Trinajstić information content (AvgIpc) is 3.61. The van der Waals surface area contributed by atoms with E-state index < -0.39 is 4.92 Å². The number of allylic oxidation sites excluding steroid dienone is 2. The molecule has 2 aromatic carbocycles. The first kappa shape index (κ1) is 20.4. The first-order chi connectivity index (χ1) is 16.5. The molecule has 0 aromatic heterocycles. The van der Waals surface area contributed by atoms with Gasteiger partial charge in [0.15, 0.2) is 11.5 Å². The number of hydrogen-bond acceptors (Lipinski definition) is 8. The van der Waals surface area contributed by atoms with E-state index in [1.807, 2.05) is 12.2 Å². The zero-order valence-electron chi connectivity index (χ0n) is 17.8. The Bertz CT molecular complexity index is 1260. The fourth-order valence-corrected chi connectivity index (χ4v) is 5.25. The number of ether oxygens (including phenoxy) is 3. The van der Waals surface area contributed by atoms with Gasteiger partial charge in [-0.05, 0) is 42.0 Å². The summed E-state index contributed by atoms with van der Waals surface area (Å²) in [6.07, 6.45) is 6.11. The minimum absolute atomic E-state index is 0.00468. The monoisotopic (exact) mass is 461 g/mol. The van der Waals surface area contributed by atoms with E-state index in [2.05, 4.69) is 5.10 Å². The summed E-state index contributed by atoms with van der Waals surface area (Å²) in [6.45, 7) is 0.167. The summed E-state index contributed by atoms with van der Waals surface area (Å²) < 4.78 is 16.5. The number of benzene rings is 2. The Kier molecular flexibility index (Phi) is 4.61. The summed E-state index contributed by atoms with van der Waals surface area (Å²) in [4.78, 5) is 36.8. The predicted octanol–water partition coefficient (Wildman–Crippen LogP) is 3.04. The van der Waals surface area contributed by atoms with Crippen LogP contribution in [0.3, 0.4) is 0 Å². The summed E-state index contributed by atoms with van der Waals surface area (Å²) in [5, 5.41) is 16.7. The number of hydrogen-bond donors (Lipinski definition) is 0. The maximum atomic E-state index is 12.9. The number of imide groups is 1. The largest absolute Gasteiger partial charge is 0.481 e. The highest BCUT2D eigenvalue weighted by atomic mass is 16.7. The van der Waals surface area contributed by atoms with Gasteiger partial charge >= 0.3 is 5.69 Å². The summed E-state index contributed by atoms with van der Waals surface area (Å²) in [5.74, 6) is -0.0446. The number of nitro benzene ring substituents is 1. The Morgan fingerprint density at radius 1 is 1.09 bits per heavy atom. The van der Waals surface area contributed by atoms with Crippen molar-refractivity contribution in [2.75, 3.05) is 6.79 Å². The first-order valence-electron chi connectivity index (χ1n) is 10.9. The molecule has 0 spiro atoms. The highest BCUT2D eigenvalue weighted by Gasteiger charge is 2.59. The van der Waals surface area contributed by atoms with Crippen LogP contribution in [0.1, 0.15) is 17.5 Å². The van der Waals surface area contributed by atoms with Gasteiger partial charge in [0.1, 0.15) is 6.61 Å². The van der Waals surface area contributed by atoms with Gasteiger partial charge in [-0.1, -0.05) is 24.3 Å². The fourth-order valence-electron chi connectivity index (χ4n) is 5.25. The van der Waals surface area contributed by atoms with E-state index in [-0.39, 0.29) is 65.9 Å².